The van der Waals surface area contributed by atoms with E-state index in [1.807, 2.05) is 0 Å². The number of benzene rings is 2. The van der Waals surface area contributed by atoms with Gasteiger partial charge in [0.15, 0.2) is 11.5 Å². The van der Waals surface area contributed by atoms with Crippen molar-refractivity contribution < 1.29 is 19.6 Å². The number of carbonyl (C=O) groups excluding carboxylic acids is 2. The van der Waals surface area contributed by atoms with Crippen LogP contribution < -0.4 is 4.90 Å². The van der Waals surface area contributed by atoms with E-state index in [2.05, 4.69) is 0 Å². The summed E-state index contributed by atoms with van der Waals surface area (Å²) in [7, 11) is 0. The molecular formula is C19H16N2O5. The summed E-state index contributed by atoms with van der Waals surface area (Å²) in [5.41, 5.74) is 1.23. The zero-order valence-corrected chi connectivity index (χ0v) is 13.8. The van der Waals surface area contributed by atoms with E-state index in [0.717, 1.165) is 12.1 Å². The molecule has 0 radical (unpaired) electrons. The molecule has 0 aliphatic carbocycles. The van der Waals surface area contributed by atoms with E-state index < -0.39 is 16.4 Å². The number of hydrogen-bond donors (Lipinski definition) is 1. The smallest absolute Gasteiger partial charge is 0.311 e. The van der Waals surface area contributed by atoms with Crippen LogP contribution >= 0.6 is 0 Å². The summed E-state index contributed by atoms with van der Waals surface area (Å²) in [5.74, 6) is -0.608. The van der Waals surface area contributed by atoms with Crippen molar-refractivity contribution in [2.24, 2.45) is 0 Å². The van der Waals surface area contributed by atoms with Crippen LogP contribution in [0.1, 0.15) is 28.8 Å². The van der Waals surface area contributed by atoms with E-state index in [0.29, 0.717) is 24.1 Å². The number of anilines is 1. The number of carbonyl (C=O) groups is 2. The Hall–Kier alpha value is -3.48. The number of nitro groups is 1. The fourth-order valence-electron chi connectivity index (χ4n) is 2.79. The van der Waals surface area contributed by atoms with E-state index in [-0.39, 0.29) is 11.7 Å². The van der Waals surface area contributed by atoms with Crippen LogP contribution in [-0.4, -0.2) is 28.3 Å². The van der Waals surface area contributed by atoms with Crippen molar-refractivity contribution in [2.45, 2.75) is 12.8 Å². The van der Waals surface area contributed by atoms with Crippen LogP contribution in [0.5, 0.6) is 5.75 Å². The summed E-state index contributed by atoms with van der Waals surface area (Å²) in [6, 6.07) is 10.6. The Morgan fingerprint density at radius 1 is 1.19 bits per heavy atom. The molecule has 2 aromatic carbocycles. The number of aromatic hydroxyl groups is 1. The van der Waals surface area contributed by atoms with Gasteiger partial charge in [0.2, 0.25) is 5.91 Å². The molecule has 132 valence electrons. The summed E-state index contributed by atoms with van der Waals surface area (Å²) in [6.07, 6.45) is 4.14. The van der Waals surface area contributed by atoms with Gasteiger partial charge < -0.3 is 10.0 Å². The molecule has 1 saturated heterocycles. The number of amides is 1. The Bertz CT molecular complexity index is 903. The maximum atomic E-state index is 12.3. The predicted molar refractivity (Wildman–Crippen MR) is 96.2 cm³/mol. The van der Waals surface area contributed by atoms with Crippen LogP contribution in [-0.2, 0) is 4.79 Å². The first-order chi connectivity index (χ1) is 12.5. The van der Waals surface area contributed by atoms with Crippen molar-refractivity contribution >= 4 is 29.1 Å². The molecule has 26 heavy (non-hydrogen) atoms. The Balaban J connectivity index is 1.73. The minimum atomic E-state index is -0.688. The average molecular weight is 352 g/mol. The largest absolute Gasteiger partial charge is 0.502 e. The number of allylic oxidation sites excluding steroid dienone is 1. The maximum absolute atomic E-state index is 12.3. The Morgan fingerprint density at radius 2 is 1.92 bits per heavy atom. The van der Waals surface area contributed by atoms with Crippen molar-refractivity contribution in [2.75, 3.05) is 11.4 Å². The Morgan fingerprint density at radius 3 is 2.54 bits per heavy atom. The van der Waals surface area contributed by atoms with Crippen molar-refractivity contribution in [3.63, 3.8) is 0 Å². The second kappa shape index (κ2) is 7.18. The van der Waals surface area contributed by atoms with Gasteiger partial charge in [0.05, 0.1) is 4.92 Å². The van der Waals surface area contributed by atoms with Gasteiger partial charge in [-0.05, 0) is 48.4 Å². The van der Waals surface area contributed by atoms with Crippen LogP contribution in [0.25, 0.3) is 6.08 Å². The third-order valence-corrected chi connectivity index (χ3v) is 4.16. The molecule has 2 aromatic rings. The SMILES string of the molecule is O=C(/C=C/c1ccc(O)c([N+](=O)[O-])c1)c1ccc(N2CCCC2=O)cc1. The number of ketones is 1. The third kappa shape index (κ3) is 3.61. The van der Waals surface area contributed by atoms with Crippen LogP contribution in [0.4, 0.5) is 11.4 Å². The Labute approximate surface area is 149 Å². The zero-order chi connectivity index (χ0) is 18.7. The van der Waals surface area contributed by atoms with E-state index >= 15 is 0 Å². The molecule has 1 aliphatic rings. The molecule has 0 saturated carbocycles. The number of phenols is 1. The lowest BCUT2D eigenvalue weighted by Crippen LogP contribution is -2.23. The lowest BCUT2D eigenvalue weighted by molar-refractivity contribution is -0.385. The van der Waals surface area contributed by atoms with E-state index in [1.54, 1.807) is 29.2 Å². The van der Waals surface area contributed by atoms with Crippen molar-refractivity contribution in [3.05, 3.63) is 69.8 Å². The van der Waals surface area contributed by atoms with E-state index in [1.165, 1.54) is 30.4 Å². The summed E-state index contributed by atoms with van der Waals surface area (Å²) < 4.78 is 0. The van der Waals surface area contributed by atoms with Gasteiger partial charge in [-0.15, -0.1) is 0 Å². The second-order valence-electron chi connectivity index (χ2n) is 5.90. The first-order valence-electron chi connectivity index (χ1n) is 8.06. The highest BCUT2D eigenvalue weighted by Gasteiger charge is 2.21. The molecule has 0 spiro atoms. The standard InChI is InChI=1S/C19H16N2O5/c22-17(9-3-13-4-10-18(23)16(12-13)21(25)26)14-5-7-15(8-6-14)20-11-1-2-19(20)24/h3-10,12,23H,1-2,11H2/b9-3+. The lowest BCUT2D eigenvalue weighted by atomic mass is 10.1. The first kappa shape index (κ1) is 17.3. The molecule has 0 bridgehead atoms. The number of nitro benzene ring substituents is 1. The van der Waals surface area contributed by atoms with Gasteiger partial charge in [-0.25, -0.2) is 0 Å². The third-order valence-electron chi connectivity index (χ3n) is 4.16. The van der Waals surface area contributed by atoms with Gasteiger partial charge in [-0.2, -0.15) is 0 Å². The average Bonchev–Trinajstić information content (AvgIpc) is 3.06. The van der Waals surface area contributed by atoms with Crippen molar-refractivity contribution in [1.29, 1.82) is 0 Å². The zero-order valence-electron chi connectivity index (χ0n) is 13.8. The highest BCUT2D eigenvalue weighted by atomic mass is 16.6. The number of phenolic OH excluding ortho intramolecular Hbond substituents is 1. The first-order valence-corrected chi connectivity index (χ1v) is 8.06. The summed E-state index contributed by atoms with van der Waals surface area (Å²) in [5, 5.41) is 20.3. The van der Waals surface area contributed by atoms with E-state index in [9.17, 15) is 24.8 Å². The molecule has 1 amide bonds. The fourth-order valence-corrected chi connectivity index (χ4v) is 2.79. The molecule has 0 unspecified atom stereocenters. The molecule has 0 aromatic heterocycles. The quantitative estimate of drug-likeness (QED) is 0.385. The molecule has 7 nitrogen and oxygen atoms in total. The van der Waals surface area contributed by atoms with Crippen LogP contribution in [0, 0.1) is 10.1 Å². The molecular weight excluding hydrogens is 336 g/mol. The predicted octanol–water partition coefficient (Wildman–Crippen LogP) is 3.32. The maximum Gasteiger partial charge on any atom is 0.311 e. The van der Waals surface area contributed by atoms with Gasteiger partial charge in [-0.3, -0.25) is 19.7 Å². The highest BCUT2D eigenvalue weighted by Crippen LogP contribution is 2.27. The van der Waals surface area contributed by atoms with Gasteiger partial charge in [0.1, 0.15) is 0 Å². The normalized spacial score (nSPS) is 14.2. The van der Waals surface area contributed by atoms with Crippen LogP contribution in [0.15, 0.2) is 48.5 Å². The molecule has 7 heteroatoms. The molecule has 1 heterocycles. The molecule has 1 fully saturated rings. The fraction of sp³-hybridized carbons (Fsp3) is 0.158. The minimum absolute atomic E-state index is 0.0814. The number of nitrogens with zero attached hydrogens (tertiary/aromatic N) is 2. The molecule has 1 N–H and O–H groups in total. The van der Waals surface area contributed by atoms with Crippen LogP contribution in [0.2, 0.25) is 0 Å². The molecule has 0 atom stereocenters. The lowest BCUT2D eigenvalue weighted by Gasteiger charge is -2.15. The topological polar surface area (TPSA) is 101 Å². The summed E-state index contributed by atoms with van der Waals surface area (Å²) >= 11 is 0. The van der Waals surface area contributed by atoms with Gasteiger partial charge >= 0.3 is 5.69 Å². The number of rotatable bonds is 5. The van der Waals surface area contributed by atoms with Gasteiger partial charge in [0, 0.05) is 30.3 Å². The highest BCUT2D eigenvalue weighted by molar-refractivity contribution is 6.07. The van der Waals surface area contributed by atoms with Gasteiger partial charge in [0.25, 0.3) is 0 Å². The van der Waals surface area contributed by atoms with E-state index in [4.69, 9.17) is 0 Å². The number of hydrogen-bond acceptors (Lipinski definition) is 5. The second-order valence-corrected chi connectivity index (χ2v) is 5.90. The van der Waals surface area contributed by atoms with Crippen molar-refractivity contribution in [3.8, 4) is 5.75 Å². The molecule has 3 rings (SSSR count). The summed E-state index contributed by atoms with van der Waals surface area (Å²) in [4.78, 5) is 35.8. The summed E-state index contributed by atoms with van der Waals surface area (Å²) in [6.45, 7) is 0.686. The molecule has 1 aliphatic heterocycles. The van der Waals surface area contributed by atoms with Gasteiger partial charge in [-0.1, -0.05) is 12.1 Å². The minimum Gasteiger partial charge on any atom is -0.502 e. The van der Waals surface area contributed by atoms with Crippen LogP contribution in [0.3, 0.4) is 0 Å². The Kier molecular flexibility index (Phi) is 4.79. The monoisotopic (exact) mass is 352 g/mol. The van der Waals surface area contributed by atoms with Crippen molar-refractivity contribution in [1.82, 2.24) is 0 Å².